The summed E-state index contributed by atoms with van der Waals surface area (Å²) in [7, 11) is 0. The zero-order chi connectivity index (χ0) is 24.1. The van der Waals surface area contributed by atoms with Crippen molar-refractivity contribution in [2.75, 3.05) is 13.2 Å². The predicted molar refractivity (Wildman–Crippen MR) is 117 cm³/mol. The quantitative estimate of drug-likeness (QED) is 0.451. The molecule has 1 aliphatic heterocycles. The number of rotatable bonds is 4. The Bertz CT molecular complexity index is 1250. The third kappa shape index (κ3) is 5.49. The second-order valence-electron chi connectivity index (χ2n) is 7.47. The van der Waals surface area contributed by atoms with Crippen molar-refractivity contribution in [1.29, 1.82) is 0 Å². The summed E-state index contributed by atoms with van der Waals surface area (Å²) >= 11 is 0. The van der Waals surface area contributed by atoms with E-state index in [0.717, 1.165) is 53.5 Å². The Kier molecular flexibility index (Phi) is 6.73. The molecule has 0 spiro atoms. The highest BCUT2D eigenvalue weighted by Crippen LogP contribution is 2.27. The number of alkyl halides is 3. The summed E-state index contributed by atoms with van der Waals surface area (Å²) < 4.78 is 39.2. The van der Waals surface area contributed by atoms with Gasteiger partial charge in [0.2, 0.25) is 0 Å². The Hall–Kier alpha value is -3.99. The van der Waals surface area contributed by atoms with Crippen molar-refractivity contribution in [3.05, 3.63) is 67.3 Å². The number of nitrogens with zero attached hydrogens (tertiary/aromatic N) is 4. The van der Waals surface area contributed by atoms with Crippen LogP contribution in [-0.2, 0) is 9.53 Å². The Morgan fingerprint density at radius 3 is 2.53 bits per heavy atom. The third-order valence-electron chi connectivity index (χ3n) is 5.12. The van der Waals surface area contributed by atoms with Gasteiger partial charge in [-0.15, -0.1) is 0 Å². The largest absolute Gasteiger partial charge is 0.490 e. The number of aromatic amines is 1. The summed E-state index contributed by atoms with van der Waals surface area (Å²) in [6.45, 7) is 1.54. The lowest BCUT2D eigenvalue weighted by Crippen LogP contribution is -2.21. The lowest BCUT2D eigenvalue weighted by molar-refractivity contribution is -0.192. The van der Waals surface area contributed by atoms with E-state index in [2.05, 4.69) is 38.4 Å². The molecule has 0 aliphatic carbocycles. The van der Waals surface area contributed by atoms with Gasteiger partial charge in [0.05, 0.1) is 30.7 Å². The number of pyridine rings is 1. The van der Waals surface area contributed by atoms with Gasteiger partial charge in [0.1, 0.15) is 5.69 Å². The SMILES string of the molecule is O=C(O)C(F)(F)F.c1ccc(-c2cnc(-c3cc(-c4cnn(C5CCOC5)c4)ccn3)[nH]2)cc1. The Labute approximate surface area is 192 Å². The highest BCUT2D eigenvalue weighted by atomic mass is 19.4. The molecular formula is C23H20F3N5O3. The van der Waals surface area contributed by atoms with Crippen molar-refractivity contribution in [2.24, 2.45) is 0 Å². The molecule has 3 aromatic heterocycles. The first-order chi connectivity index (χ1) is 16.3. The van der Waals surface area contributed by atoms with Crippen molar-refractivity contribution in [1.82, 2.24) is 24.7 Å². The molecule has 5 rings (SSSR count). The molecule has 11 heteroatoms. The molecule has 0 bridgehead atoms. The maximum absolute atomic E-state index is 10.6. The van der Waals surface area contributed by atoms with E-state index in [4.69, 9.17) is 14.6 Å². The van der Waals surface area contributed by atoms with E-state index in [-0.39, 0.29) is 0 Å². The zero-order valence-corrected chi connectivity index (χ0v) is 17.7. The van der Waals surface area contributed by atoms with Gasteiger partial charge in [-0.1, -0.05) is 30.3 Å². The summed E-state index contributed by atoms with van der Waals surface area (Å²) in [5.41, 5.74) is 5.04. The first-order valence-electron chi connectivity index (χ1n) is 10.3. The first-order valence-corrected chi connectivity index (χ1v) is 10.3. The fourth-order valence-electron chi connectivity index (χ4n) is 3.37. The minimum absolute atomic E-state index is 0.332. The van der Waals surface area contributed by atoms with E-state index in [1.807, 2.05) is 53.6 Å². The van der Waals surface area contributed by atoms with Gasteiger partial charge in [-0.2, -0.15) is 18.3 Å². The topological polar surface area (TPSA) is 106 Å². The van der Waals surface area contributed by atoms with Gasteiger partial charge in [0.15, 0.2) is 5.82 Å². The molecular weight excluding hydrogens is 451 g/mol. The maximum atomic E-state index is 10.6. The number of imidazole rings is 1. The molecule has 1 unspecified atom stereocenters. The van der Waals surface area contributed by atoms with Crippen LogP contribution in [0.5, 0.6) is 0 Å². The summed E-state index contributed by atoms with van der Waals surface area (Å²) in [6.07, 6.45) is 3.56. The standard InChI is InChI=1S/C21H19N5O.C2HF3O2/c1-2-4-15(5-3-1)20-12-23-21(25-20)19-10-16(6-8-22-19)17-11-24-26(13-17)18-7-9-27-14-18;3-2(4,5)1(6)7/h1-6,8,10-13,18H,7,9,14H2,(H,23,25);(H,6,7). The number of aromatic nitrogens is 5. The number of carbonyl (C=O) groups is 1. The van der Waals surface area contributed by atoms with Gasteiger partial charge in [-0.25, -0.2) is 9.78 Å². The summed E-state index contributed by atoms with van der Waals surface area (Å²) in [5.74, 6) is -2.00. The van der Waals surface area contributed by atoms with Crippen LogP contribution < -0.4 is 0 Å². The number of nitrogens with one attached hydrogen (secondary N) is 1. The van der Waals surface area contributed by atoms with Crippen molar-refractivity contribution < 1.29 is 27.8 Å². The highest BCUT2D eigenvalue weighted by molar-refractivity contribution is 5.73. The average Bonchev–Trinajstić information content (AvgIpc) is 3.61. The van der Waals surface area contributed by atoms with Crippen molar-refractivity contribution >= 4 is 5.97 Å². The number of H-pyrrole nitrogens is 1. The van der Waals surface area contributed by atoms with E-state index < -0.39 is 12.1 Å². The molecule has 34 heavy (non-hydrogen) atoms. The lowest BCUT2D eigenvalue weighted by Gasteiger charge is -2.06. The van der Waals surface area contributed by atoms with Crippen molar-refractivity contribution in [3.8, 4) is 33.9 Å². The molecule has 176 valence electrons. The minimum Gasteiger partial charge on any atom is -0.475 e. The van der Waals surface area contributed by atoms with Crippen LogP contribution >= 0.6 is 0 Å². The summed E-state index contributed by atoms with van der Waals surface area (Å²) in [5, 5.41) is 11.6. The highest BCUT2D eigenvalue weighted by Gasteiger charge is 2.38. The van der Waals surface area contributed by atoms with Crippen LogP contribution in [0.4, 0.5) is 13.2 Å². The van der Waals surface area contributed by atoms with Gasteiger partial charge >= 0.3 is 12.1 Å². The van der Waals surface area contributed by atoms with E-state index >= 15 is 0 Å². The van der Waals surface area contributed by atoms with Crippen LogP contribution in [0.2, 0.25) is 0 Å². The second-order valence-corrected chi connectivity index (χ2v) is 7.47. The molecule has 1 aromatic carbocycles. The van der Waals surface area contributed by atoms with E-state index in [1.165, 1.54) is 0 Å². The number of ether oxygens (including phenoxy) is 1. The molecule has 4 aromatic rings. The number of hydrogen-bond donors (Lipinski definition) is 2. The molecule has 1 fully saturated rings. The number of aliphatic carboxylic acids is 1. The molecule has 0 saturated carbocycles. The number of halogens is 3. The second kappa shape index (κ2) is 9.87. The lowest BCUT2D eigenvalue weighted by atomic mass is 10.1. The van der Waals surface area contributed by atoms with Gasteiger partial charge in [0, 0.05) is 24.6 Å². The molecule has 0 radical (unpaired) electrons. The van der Waals surface area contributed by atoms with E-state index in [0.29, 0.717) is 6.04 Å². The molecule has 4 heterocycles. The predicted octanol–water partition coefficient (Wildman–Crippen LogP) is 4.60. The smallest absolute Gasteiger partial charge is 0.475 e. The Morgan fingerprint density at radius 2 is 1.85 bits per heavy atom. The molecule has 8 nitrogen and oxygen atoms in total. The van der Waals surface area contributed by atoms with E-state index in [9.17, 15) is 13.2 Å². The molecule has 1 atom stereocenters. The molecule has 1 saturated heterocycles. The first kappa shape index (κ1) is 23.2. The van der Waals surface area contributed by atoms with Gasteiger partial charge < -0.3 is 14.8 Å². The Morgan fingerprint density at radius 1 is 1.09 bits per heavy atom. The third-order valence-corrected chi connectivity index (χ3v) is 5.12. The summed E-state index contributed by atoms with van der Waals surface area (Å²) in [6, 6.07) is 14.5. The van der Waals surface area contributed by atoms with Crippen LogP contribution in [0.1, 0.15) is 12.5 Å². The summed E-state index contributed by atoms with van der Waals surface area (Å²) in [4.78, 5) is 21.3. The number of carboxylic acids is 1. The fraction of sp³-hybridized carbons (Fsp3) is 0.217. The van der Waals surface area contributed by atoms with E-state index in [1.54, 1.807) is 0 Å². The fourth-order valence-corrected chi connectivity index (χ4v) is 3.37. The minimum atomic E-state index is -5.08. The number of benzene rings is 1. The van der Waals surface area contributed by atoms with Crippen LogP contribution in [0.15, 0.2) is 67.3 Å². The van der Waals surface area contributed by atoms with Crippen LogP contribution in [0, 0.1) is 0 Å². The van der Waals surface area contributed by atoms with Crippen molar-refractivity contribution in [3.63, 3.8) is 0 Å². The molecule has 0 amide bonds. The monoisotopic (exact) mass is 471 g/mol. The number of carboxylic acid groups (broad SMARTS) is 1. The number of hydrogen-bond acceptors (Lipinski definition) is 5. The van der Waals surface area contributed by atoms with Gasteiger partial charge in [0.25, 0.3) is 0 Å². The zero-order valence-electron chi connectivity index (χ0n) is 17.7. The van der Waals surface area contributed by atoms with Crippen LogP contribution in [0.3, 0.4) is 0 Å². The molecule has 1 aliphatic rings. The van der Waals surface area contributed by atoms with Crippen molar-refractivity contribution in [2.45, 2.75) is 18.6 Å². The average molecular weight is 471 g/mol. The Balaban J connectivity index is 0.000000344. The van der Waals surface area contributed by atoms with Crippen LogP contribution in [0.25, 0.3) is 33.9 Å². The normalized spacial score (nSPS) is 15.6. The molecule has 2 N–H and O–H groups in total. The maximum Gasteiger partial charge on any atom is 0.490 e. The van der Waals surface area contributed by atoms with Gasteiger partial charge in [-0.05, 0) is 29.7 Å². The van der Waals surface area contributed by atoms with Gasteiger partial charge in [-0.3, -0.25) is 9.67 Å². The van der Waals surface area contributed by atoms with Crippen LogP contribution in [-0.4, -0.2) is 55.2 Å².